The van der Waals surface area contributed by atoms with E-state index in [9.17, 15) is 9.59 Å². The van der Waals surface area contributed by atoms with Crippen molar-refractivity contribution < 1.29 is 14.3 Å². The number of carbonyl (C=O) groups excluding carboxylic acids is 2. The molecule has 8 heteroatoms. The number of nitrogens with one attached hydrogen (secondary N) is 1. The van der Waals surface area contributed by atoms with Crippen LogP contribution in [0.15, 0.2) is 42.5 Å². The van der Waals surface area contributed by atoms with E-state index >= 15 is 0 Å². The van der Waals surface area contributed by atoms with Crippen molar-refractivity contribution in [1.29, 1.82) is 0 Å². The van der Waals surface area contributed by atoms with Gasteiger partial charge >= 0.3 is 0 Å². The zero-order valence-electron chi connectivity index (χ0n) is 16.3. The van der Waals surface area contributed by atoms with Crippen LogP contribution >= 0.6 is 34.8 Å². The Balaban J connectivity index is 2.15. The van der Waals surface area contributed by atoms with Crippen molar-refractivity contribution in [2.45, 2.75) is 32.9 Å². The van der Waals surface area contributed by atoms with Gasteiger partial charge in [0, 0.05) is 23.1 Å². The fourth-order valence-corrected chi connectivity index (χ4v) is 3.30. The first kappa shape index (κ1) is 23.3. The van der Waals surface area contributed by atoms with Crippen LogP contribution in [0.25, 0.3) is 0 Å². The summed E-state index contributed by atoms with van der Waals surface area (Å²) in [6.07, 6.45) is 0.804. The molecule has 156 valence electrons. The number of rotatable bonds is 9. The molecule has 0 spiro atoms. The van der Waals surface area contributed by atoms with Gasteiger partial charge in [0.05, 0.1) is 5.02 Å². The number of halogens is 3. The van der Waals surface area contributed by atoms with Gasteiger partial charge in [-0.2, -0.15) is 0 Å². The molecule has 1 atom stereocenters. The molecule has 2 aromatic carbocycles. The fourth-order valence-electron chi connectivity index (χ4n) is 2.63. The van der Waals surface area contributed by atoms with E-state index in [1.54, 1.807) is 37.3 Å². The summed E-state index contributed by atoms with van der Waals surface area (Å²) in [5, 5.41) is 4.15. The van der Waals surface area contributed by atoms with Gasteiger partial charge in [-0.1, -0.05) is 53.9 Å². The van der Waals surface area contributed by atoms with E-state index in [4.69, 9.17) is 39.5 Å². The Morgan fingerprint density at radius 1 is 1.10 bits per heavy atom. The number of benzene rings is 2. The summed E-state index contributed by atoms with van der Waals surface area (Å²) >= 11 is 18.0. The highest BCUT2D eigenvalue weighted by molar-refractivity contribution is 6.35. The molecule has 2 amide bonds. The zero-order valence-corrected chi connectivity index (χ0v) is 18.5. The third-order valence-electron chi connectivity index (χ3n) is 4.20. The average molecular weight is 458 g/mol. The summed E-state index contributed by atoms with van der Waals surface area (Å²) in [6.45, 7) is 4.14. The third kappa shape index (κ3) is 7.11. The van der Waals surface area contributed by atoms with Crippen molar-refractivity contribution in [1.82, 2.24) is 10.2 Å². The SMILES string of the molecule is CCCNC(=O)[C@@H](C)N(Cc1cccc(Cl)c1)C(=O)COc1ccc(Cl)cc1Cl. The summed E-state index contributed by atoms with van der Waals surface area (Å²) in [4.78, 5) is 26.8. The van der Waals surface area contributed by atoms with Crippen molar-refractivity contribution >= 4 is 46.6 Å². The van der Waals surface area contributed by atoms with Crippen molar-refractivity contribution in [2.75, 3.05) is 13.2 Å². The molecule has 0 aromatic heterocycles. The molecule has 2 rings (SSSR count). The van der Waals surface area contributed by atoms with Gasteiger partial charge < -0.3 is 15.0 Å². The van der Waals surface area contributed by atoms with Crippen molar-refractivity contribution in [2.24, 2.45) is 0 Å². The second-order valence-electron chi connectivity index (χ2n) is 6.48. The summed E-state index contributed by atoms with van der Waals surface area (Å²) < 4.78 is 5.57. The summed E-state index contributed by atoms with van der Waals surface area (Å²) in [7, 11) is 0. The third-order valence-corrected chi connectivity index (χ3v) is 4.97. The fraction of sp³-hybridized carbons (Fsp3) is 0.333. The van der Waals surface area contributed by atoms with Crippen LogP contribution in [0, 0.1) is 0 Å². The predicted molar refractivity (Wildman–Crippen MR) is 117 cm³/mol. The van der Waals surface area contributed by atoms with Gasteiger partial charge in [0.1, 0.15) is 11.8 Å². The Morgan fingerprint density at radius 2 is 1.83 bits per heavy atom. The minimum atomic E-state index is -0.683. The molecule has 5 nitrogen and oxygen atoms in total. The topological polar surface area (TPSA) is 58.6 Å². The molecular weight excluding hydrogens is 435 g/mol. The highest BCUT2D eigenvalue weighted by Gasteiger charge is 2.26. The molecule has 0 unspecified atom stereocenters. The maximum Gasteiger partial charge on any atom is 0.261 e. The molecule has 2 aromatic rings. The summed E-state index contributed by atoms with van der Waals surface area (Å²) in [5.74, 6) is -0.239. The van der Waals surface area contributed by atoms with Gasteiger partial charge in [0.2, 0.25) is 5.91 Å². The monoisotopic (exact) mass is 456 g/mol. The number of carbonyl (C=O) groups is 2. The molecular formula is C21H23Cl3N2O3. The maximum atomic E-state index is 12.9. The lowest BCUT2D eigenvalue weighted by Crippen LogP contribution is -2.49. The zero-order chi connectivity index (χ0) is 21.4. The van der Waals surface area contributed by atoms with E-state index < -0.39 is 6.04 Å². The van der Waals surface area contributed by atoms with Crippen LogP contribution in [0.2, 0.25) is 15.1 Å². The Morgan fingerprint density at radius 3 is 2.48 bits per heavy atom. The van der Waals surface area contributed by atoms with Gasteiger partial charge in [-0.05, 0) is 49.2 Å². The normalized spacial score (nSPS) is 11.6. The van der Waals surface area contributed by atoms with E-state index in [0.717, 1.165) is 12.0 Å². The molecule has 0 fully saturated rings. The molecule has 0 saturated heterocycles. The van der Waals surface area contributed by atoms with Crippen LogP contribution in [0.4, 0.5) is 0 Å². The number of amides is 2. The molecule has 0 aliphatic rings. The summed E-state index contributed by atoms with van der Waals surface area (Å²) in [6, 6.07) is 11.2. The van der Waals surface area contributed by atoms with E-state index in [-0.39, 0.29) is 25.0 Å². The first-order valence-electron chi connectivity index (χ1n) is 9.21. The lowest BCUT2D eigenvalue weighted by atomic mass is 10.1. The molecule has 0 aliphatic carbocycles. The first-order valence-corrected chi connectivity index (χ1v) is 10.3. The minimum absolute atomic E-state index is 0.220. The van der Waals surface area contributed by atoms with Gasteiger partial charge in [0.25, 0.3) is 5.91 Å². The van der Waals surface area contributed by atoms with Gasteiger partial charge in [-0.25, -0.2) is 0 Å². The predicted octanol–water partition coefficient (Wildman–Crippen LogP) is 4.97. The van der Waals surface area contributed by atoms with Crippen molar-refractivity contribution in [3.63, 3.8) is 0 Å². The first-order chi connectivity index (χ1) is 13.8. The van der Waals surface area contributed by atoms with Gasteiger partial charge in [-0.15, -0.1) is 0 Å². The second kappa shape index (κ2) is 11.3. The van der Waals surface area contributed by atoms with Gasteiger partial charge in [0.15, 0.2) is 6.61 Å². The largest absolute Gasteiger partial charge is 0.482 e. The van der Waals surface area contributed by atoms with E-state index in [2.05, 4.69) is 5.32 Å². The molecule has 29 heavy (non-hydrogen) atoms. The van der Waals surface area contributed by atoms with Crippen molar-refractivity contribution in [3.8, 4) is 5.75 Å². The van der Waals surface area contributed by atoms with Crippen LogP contribution in [0.3, 0.4) is 0 Å². The average Bonchev–Trinajstić information content (AvgIpc) is 2.69. The standard InChI is InChI=1S/C21H23Cl3N2O3/c1-3-9-25-21(28)14(2)26(12-15-5-4-6-16(22)10-15)20(27)13-29-19-8-7-17(23)11-18(19)24/h4-8,10-11,14H,3,9,12-13H2,1-2H3,(H,25,28)/t14-/m1/s1. The van der Waals surface area contributed by atoms with Crippen LogP contribution in [-0.2, 0) is 16.1 Å². The highest BCUT2D eigenvalue weighted by Crippen LogP contribution is 2.27. The molecule has 0 bridgehead atoms. The number of hydrogen-bond donors (Lipinski definition) is 1. The van der Waals surface area contributed by atoms with E-state index in [0.29, 0.717) is 27.4 Å². The maximum absolute atomic E-state index is 12.9. The minimum Gasteiger partial charge on any atom is -0.482 e. The number of nitrogens with zero attached hydrogens (tertiary/aromatic N) is 1. The van der Waals surface area contributed by atoms with Crippen molar-refractivity contribution in [3.05, 3.63) is 63.1 Å². The Hall–Kier alpha value is -1.95. The highest BCUT2D eigenvalue weighted by atomic mass is 35.5. The van der Waals surface area contributed by atoms with E-state index in [1.807, 2.05) is 13.0 Å². The molecule has 0 heterocycles. The lowest BCUT2D eigenvalue weighted by Gasteiger charge is -2.28. The number of ether oxygens (including phenoxy) is 1. The lowest BCUT2D eigenvalue weighted by molar-refractivity contribution is -0.142. The Labute approximate surface area is 185 Å². The molecule has 0 radical (unpaired) electrons. The second-order valence-corrected chi connectivity index (χ2v) is 7.76. The molecule has 0 aliphatic heterocycles. The molecule has 0 saturated carbocycles. The van der Waals surface area contributed by atoms with E-state index in [1.165, 1.54) is 11.0 Å². The van der Waals surface area contributed by atoms with Crippen LogP contribution < -0.4 is 10.1 Å². The Kier molecular flexibility index (Phi) is 9.08. The smallest absolute Gasteiger partial charge is 0.261 e. The van der Waals surface area contributed by atoms with Gasteiger partial charge in [-0.3, -0.25) is 9.59 Å². The van der Waals surface area contributed by atoms with Crippen LogP contribution in [0.1, 0.15) is 25.8 Å². The molecule has 1 N–H and O–H groups in total. The van der Waals surface area contributed by atoms with Crippen LogP contribution in [0.5, 0.6) is 5.75 Å². The summed E-state index contributed by atoms with van der Waals surface area (Å²) in [5.41, 5.74) is 0.811. The van der Waals surface area contributed by atoms with Crippen LogP contribution in [-0.4, -0.2) is 35.9 Å². The quantitative estimate of drug-likeness (QED) is 0.578. The Bertz CT molecular complexity index is 861. The number of hydrogen-bond acceptors (Lipinski definition) is 3.